The van der Waals surface area contributed by atoms with Crippen LogP contribution >= 0.6 is 0 Å². The van der Waals surface area contributed by atoms with Crippen LogP contribution in [-0.2, 0) is 6.54 Å². The van der Waals surface area contributed by atoms with Gasteiger partial charge in [0.05, 0.1) is 0 Å². The second-order valence-electron chi connectivity index (χ2n) is 3.46. The monoisotopic (exact) mass is 251 g/mol. The summed E-state index contributed by atoms with van der Waals surface area (Å²) in [5.74, 6) is 0. The van der Waals surface area contributed by atoms with Gasteiger partial charge in [0.2, 0.25) is 0 Å². The molecule has 80 valence electrons. The van der Waals surface area contributed by atoms with Gasteiger partial charge in [-0.25, -0.2) is 0 Å². The molecule has 0 atom stereocenters. The van der Waals surface area contributed by atoms with E-state index in [2.05, 4.69) is 0 Å². The maximum absolute atomic E-state index is 12.8. The Kier molecular flexibility index (Phi) is 4.71. The first-order valence-electron chi connectivity index (χ1n) is 4.81. The first-order chi connectivity index (χ1) is 7.04. The van der Waals surface area contributed by atoms with Crippen LogP contribution in [0.3, 0.4) is 0 Å². The Hall–Kier alpha value is 0.251. The average molecular weight is 251 g/mol. The minimum Gasteiger partial charge on any atom is -0.445 e. The number of nitrogens with zero attached hydrogens (tertiary/aromatic N) is 1. The van der Waals surface area contributed by atoms with Gasteiger partial charge in [-0.2, -0.15) is 0 Å². The minimum absolute atomic E-state index is 0. The van der Waals surface area contributed by atoms with E-state index in [-0.39, 0.29) is 51.4 Å². The predicted octanol–water partition coefficient (Wildman–Crippen LogP) is -0.280. The molecule has 0 spiro atoms. The number of benzene rings is 1. The molecule has 1 heterocycles. The molecule has 0 radical (unpaired) electrons. The van der Waals surface area contributed by atoms with Crippen LogP contribution < -0.4 is 56.8 Å². The van der Waals surface area contributed by atoms with Crippen molar-refractivity contribution in [3.63, 3.8) is 0 Å². The van der Waals surface area contributed by atoms with E-state index in [1.165, 1.54) is 6.07 Å². The van der Waals surface area contributed by atoms with Crippen LogP contribution in [0.2, 0.25) is 0 Å². The number of para-hydroxylation sites is 1. The Bertz CT molecular complexity index is 492. The number of hydrogen-bond acceptors (Lipinski definition) is 0. The van der Waals surface area contributed by atoms with Gasteiger partial charge < -0.3 is 17.5 Å². The Morgan fingerprint density at radius 2 is 1.88 bits per heavy atom. The van der Waals surface area contributed by atoms with Crippen LogP contribution in [0.25, 0.3) is 10.9 Å². The fourth-order valence-corrected chi connectivity index (χ4v) is 1.82. The van der Waals surface area contributed by atoms with Gasteiger partial charge in [-0.3, -0.25) is 0 Å². The van der Waals surface area contributed by atoms with E-state index in [1.807, 2.05) is 6.92 Å². The molecule has 0 N–H and O–H groups in total. The fraction of sp³-hybridized carbons (Fsp3) is 0.200. The van der Waals surface area contributed by atoms with Gasteiger partial charge in [-0.05, 0) is 18.4 Å². The smallest absolute Gasteiger partial charge is 0.445 e. The van der Waals surface area contributed by atoms with Crippen LogP contribution in [-0.4, -0.2) is 11.5 Å². The van der Waals surface area contributed by atoms with Gasteiger partial charge in [-0.1, -0.05) is 23.7 Å². The van der Waals surface area contributed by atoms with E-state index < -0.39 is 12.4 Å². The number of aromatic nitrogens is 1. The molecule has 0 fully saturated rings. The first kappa shape index (κ1) is 14.3. The van der Waals surface area contributed by atoms with Crippen molar-refractivity contribution in [1.29, 1.82) is 0 Å². The molecule has 0 aliphatic rings. The second kappa shape index (κ2) is 5.27. The van der Waals surface area contributed by atoms with Gasteiger partial charge in [-0.15, -0.1) is 0 Å². The van der Waals surface area contributed by atoms with Crippen molar-refractivity contribution in [2.45, 2.75) is 13.5 Å². The van der Waals surface area contributed by atoms with Crippen molar-refractivity contribution in [3.05, 3.63) is 30.5 Å². The van der Waals surface area contributed by atoms with Crippen molar-refractivity contribution in [2.24, 2.45) is 0 Å². The first-order valence-corrected chi connectivity index (χ1v) is 4.81. The van der Waals surface area contributed by atoms with E-state index in [4.69, 9.17) is 0 Å². The third kappa shape index (κ3) is 2.56. The molecular formula is C10H10BF3KN. The number of rotatable bonds is 2. The molecule has 0 aliphatic heterocycles. The summed E-state index contributed by atoms with van der Waals surface area (Å²) in [5, 5.41) is 0.647. The van der Waals surface area contributed by atoms with Gasteiger partial charge in [0.1, 0.15) is 0 Å². The van der Waals surface area contributed by atoms with Gasteiger partial charge in [0, 0.05) is 18.3 Å². The van der Waals surface area contributed by atoms with E-state index in [9.17, 15) is 12.9 Å². The Morgan fingerprint density at radius 3 is 2.44 bits per heavy atom. The maximum atomic E-state index is 12.8. The second-order valence-corrected chi connectivity index (χ2v) is 3.46. The normalized spacial score (nSPS) is 11.5. The van der Waals surface area contributed by atoms with Crippen molar-refractivity contribution >= 4 is 23.3 Å². The molecule has 16 heavy (non-hydrogen) atoms. The molecule has 2 rings (SSSR count). The third-order valence-corrected chi connectivity index (χ3v) is 2.51. The minimum atomic E-state index is -4.94. The van der Waals surface area contributed by atoms with Crippen molar-refractivity contribution in [1.82, 2.24) is 4.57 Å². The van der Waals surface area contributed by atoms with E-state index in [0.29, 0.717) is 17.4 Å². The van der Waals surface area contributed by atoms with E-state index >= 15 is 0 Å². The SMILES string of the molecule is CCn1ccc2cccc([B-](F)(F)F)c21.[K+]. The molecule has 0 bridgehead atoms. The summed E-state index contributed by atoms with van der Waals surface area (Å²) in [6.07, 6.45) is 1.69. The summed E-state index contributed by atoms with van der Waals surface area (Å²) in [6, 6.07) is 6.01. The number of aryl methyl sites for hydroxylation is 1. The standard InChI is InChI=1S/C10H10BF3N.K/c1-2-15-7-6-8-4-3-5-9(10(8)15)11(12,13)14;/h3-7H,2H2,1H3;/q-1;+1. The summed E-state index contributed by atoms with van der Waals surface area (Å²) in [5.41, 5.74) is -0.202. The summed E-state index contributed by atoms with van der Waals surface area (Å²) in [4.78, 5) is 0. The zero-order chi connectivity index (χ0) is 11.1. The average Bonchev–Trinajstić information content (AvgIpc) is 2.58. The molecule has 0 saturated carbocycles. The van der Waals surface area contributed by atoms with Crippen molar-refractivity contribution < 1.29 is 64.3 Å². The fourth-order valence-electron chi connectivity index (χ4n) is 1.82. The van der Waals surface area contributed by atoms with Crippen LogP contribution in [0.15, 0.2) is 30.5 Å². The number of fused-ring (bicyclic) bond motifs is 1. The molecule has 0 amide bonds. The quantitative estimate of drug-likeness (QED) is 0.647. The summed E-state index contributed by atoms with van der Waals surface area (Å²) in [7, 11) is 0. The largest absolute Gasteiger partial charge is 1.00 e. The molecule has 1 aromatic heterocycles. The molecule has 6 heteroatoms. The zero-order valence-corrected chi connectivity index (χ0v) is 12.4. The Balaban J connectivity index is 0.00000128. The Morgan fingerprint density at radius 1 is 1.19 bits per heavy atom. The zero-order valence-electron chi connectivity index (χ0n) is 9.25. The van der Waals surface area contributed by atoms with E-state index in [0.717, 1.165) is 6.07 Å². The van der Waals surface area contributed by atoms with Crippen LogP contribution in [0.5, 0.6) is 0 Å². The summed E-state index contributed by atoms with van der Waals surface area (Å²) < 4.78 is 39.9. The van der Waals surface area contributed by atoms with Gasteiger partial charge >= 0.3 is 58.4 Å². The van der Waals surface area contributed by atoms with Gasteiger partial charge in [0.25, 0.3) is 0 Å². The molecule has 0 saturated heterocycles. The maximum Gasteiger partial charge on any atom is 1.00 e. The molecular weight excluding hydrogens is 241 g/mol. The molecule has 2 aromatic rings. The molecule has 1 aromatic carbocycles. The van der Waals surface area contributed by atoms with Crippen molar-refractivity contribution in [3.8, 4) is 0 Å². The summed E-state index contributed by atoms with van der Waals surface area (Å²) in [6.45, 7) is -2.56. The van der Waals surface area contributed by atoms with Gasteiger partial charge in [0.15, 0.2) is 0 Å². The predicted molar refractivity (Wildman–Crippen MR) is 56.3 cm³/mol. The molecule has 0 unspecified atom stereocenters. The van der Waals surface area contributed by atoms with Crippen LogP contribution in [0.1, 0.15) is 6.92 Å². The third-order valence-electron chi connectivity index (χ3n) is 2.51. The molecule has 0 aliphatic carbocycles. The van der Waals surface area contributed by atoms with Crippen LogP contribution in [0, 0.1) is 0 Å². The summed E-state index contributed by atoms with van der Waals surface area (Å²) >= 11 is 0. The van der Waals surface area contributed by atoms with Crippen molar-refractivity contribution in [2.75, 3.05) is 0 Å². The Labute approximate surface area is 134 Å². The van der Waals surface area contributed by atoms with Crippen LogP contribution in [0.4, 0.5) is 12.9 Å². The topological polar surface area (TPSA) is 4.93 Å². The molecule has 1 nitrogen and oxygen atoms in total. The van der Waals surface area contributed by atoms with E-state index in [1.54, 1.807) is 22.9 Å². The number of hydrogen-bond donors (Lipinski definition) is 0. The number of halogens is 3.